The number of rotatable bonds is 5. The van der Waals surface area contributed by atoms with E-state index in [0.29, 0.717) is 6.61 Å². The summed E-state index contributed by atoms with van der Waals surface area (Å²) >= 11 is 3.44. The Morgan fingerprint density at radius 2 is 2.00 bits per heavy atom. The molecule has 0 aliphatic heterocycles. The summed E-state index contributed by atoms with van der Waals surface area (Å²) in [5.41, 5.74) is 7.27. The third-order valence-electron chi connectivity index (χ3n) is 3.60. The van der Waals surface area contributed by atoms with Gasteiger partial charge in [-0.05, 0) is 41.8 Å². The summed E-state index contributed by atoms with van der Waals surface area (Å²) < 4.78 is 11.8. The van der Waals surface area contributed by atoms with Gasteiger partial charge in [-0.1, -0.05) is 40.2 Å². The van der Waals surface area contributed by atoms with E-state index in [0.717, 1.165) is 27.8 Å². The molecule has 1 amide bonds. The van der Waals surface area contributed by atoms with Crippen LogP contribution in [0.15, 0.2) is 53.0 Å². The van der Waals surface area contributed by atoms with Crippen LogP contribution in [-0.2, 0) is 11.3 Å². The Labute approximate surface area is 137 Å². The van der Waals surface area contributed by atoms with Crippen molar-refractivity contribution >= 4 is 22.0 Å². The van der Waals surface area contributed by atoms with Gasteiger partial charge in [0.2, 0.25) is 0 Å². The summed E-state index contributed by atoms with van der Waals surface area (Å²) in [6.45, 7) is 0.523. The van der Waals surface area contributed by atoms with Crippen LogP contribution in [0.5, 0.6) is 5.75 Å². The summed E-state index contributed by atoms with van der Waals surface area (Å²) in [4.78, 5) is 10.7. The number of halogens is 1. The highest BCUT2D eigenvalue weighted by Gasteiger charge is 2.41. The van der Waals surface area contributed by atoms with Crippen LogP contribution in [0.4, 0.5) is 4.79 Å². The number of hydrogen-bond donors (Lipinski definition) is 1. The number of primary amides is 1. The van der Waals surface area contributed by atoms with E-state index in [9.17, 15) is 4.79 Å². The zero-order valence-electron chi connectivity index (χ0n) is 11.9. The van der Waals surface area contributed by atoms with Crippen molar-refractivity contribution in [3.8, 4) is 5.75 Å². The molecular weight excluding hydrogens is 346 g/mol. The van der Waals surface area contributed by atoms with Gasteiger partial charge in [-0.3, -0.25) is 0 Å². The minimum atomic E-state index is -0.707. The van der Waals surface area contributed by atoms with E-state index in [2.05, 4.69) is 15.9 Å². The van der Waals surface area contributed by atoms with E-state index >= 15 is 0 Å². The molecule has 0 aromatic heterocycles. The molecule has 5 heteroatoms. The van der Waals surface area contributed by atoms with Crippen LogP contribution in [0.3, 0.4) is 0 Å². The van der Waals surface area contributed by atoms with E-state index in [4.69, 9.17) is 15.2 Å². The molecule has 2 aromatic carbocycles. The van der Waals surface area contributed by atoms with Crippen molar-refractivity contribution < 1.29 is 14.3 Å². The number of ether oxygens (including phenoxy) is 2. The molecule has 1 fully saturated rings. The first kappa shape index (κ1) is 14.9. The molecule has 0 bridgehead atoms. The molecule has 2 atom stereocenters. The molecule has 0 saturated heterocycles. The second-order valence-electron chi connectivity index (χ2n) is 5.31. The maximum absolute atomic E-state index is 10.7. The number of carbonyl (C=O) groups excluding carboxylic acids is 1. The first-order chi connectivity index (χ1) is 10.6. The molecule has 1 aliphatic rings. The number of carbonyl (C=O) groups is 1. The average molecular weight is 362 g/mol. The first-order valence-corrected chi connectivity index (χ1v) is 7.84. The molecule has 1 aliphatic carbocycles. The van der Waals surface area contributed by atoms with Crippen molar-refractivity contribution in [2.45, 2.75) is 25.0 Å². The molecule has 0 radical (unpaired) electrons. The van der Waals surface area contributed by atoms with Crippen LogP contribution < -0.4 is 10.5 Å². The zero-order chi connectivity index (χ0) is 15.5. The molecule has 114 valence electrons. The predicted molar refractivity (Wildman–Crippen MR) is 86.7 cm³/mol. The SMILES string of the molecule is NC(=O)OC1CC1c1ccc(OCc2cccc(Br)c2)cc1. The fourth-order valence-electron chi connectivity index (χ4n) is 2.41. The second kappa shape index (κ2) is 6.40. The molecule has 2 N–H and O–H groups in total. The van der Waals surface area contributed by atoms with Crippen LogP contribution in [0.2, 0.25) is 0 Å². The van der Waals surface area contributed by atoms with Crippen molar-refractivity contribution in [3.63, 3.8) is 0 Å². The molecule has 22 heavy (non-hydrogen) atoms. The minimum absolute atomic E-state index is 0.0778. The van der Waals surface area contributed by atoms with Gasteiger partial charge >= 0.3 is 6.09 Å². The van der Waals surface area contributed by atoms with Gasteiger partial charge in [-0.2, -0.15) is 0 Å². The topological polar surface area (TPSA) is 61.6 Å². The Bertz CT molecular complexity index is 672. The van der Waals surface area contributed by atoms with E-state index < -0.39 is 6.09 Å². The first-order valence-electron chi connectivity index (χ1n) is 7.05. The highest BCUT2D eigenvalue weighted by molar-refractivity contribution is 9.10. The van der Waals surface area contributed by atoms with Crippen LogP contribution in [0.25, 0.3) is 0 Å². The fraction of sp³-hybridized carbons (Fsp3) is 0.235. The molecular formula is C17H16BrNO3. The maximum atomic E-state index is 10.7. The van der Waals surface area contributed by atoms with E-state index in [1.54, 1.807) is 0 Å². The lowest BCUT2D eigenvalue weighted by atomic mass is 10.1. The van der Waals surface area contributed by atoms with Crippen LogP contribution in [0, 0.1) is 0 Å². The fourth-order valence-corrected chi connectivity index (χ4v) is 2.85. The summed E-state index contributed by atoms with van der Waals surface area (Å²) in [6.07, 6.45) is 0.0497. The molecule has 2 unspecified atom stereocenters. The maximum Gasteiger partial charge on any atom is 0.404 e. The Balaban J connectivity index is 1.55. The number of hydrogen-bond acceptors (Lipinski definition) is 3. The van der Waals surface area contributed by atoms with Gasteiger partial charge in [-0.25, -0.2) is 4.79 Å². The van der Waals surface area contributed by atoms with Gasteiger partial charge in [0.15, 0.2) is 0 Å². The Kier molecular flexibility index (Phi) is 4.34. The standard InChI is InChI=1S/C17H16BrNO3/c18-13-3-1-2-11(8-13)10-21-14-6-4-12(5-7-14)15-9-16(15)22-17(19)20/h1-8,15-16H,9-10H2,(H2,19,20). The minimum Gasteiger partial charge on any atom is -0.489 e. The van der Waals surface area contributed by atoms with Gasteiger partial charge in [0.05, 0.1) is 0 Å². The lowest BCUT2D eigenvalue weighted by Crippen LogP contribution is -2.14. The molecule has 0 spiro atoms. The van der Waals surface area contributed by atoms with E-state index in [1.807, 2.05) is 48.5 Å². The summed E-state index contributed by atoms with van der Waals surface area (Å²) in [5, 5.41) is 0. The highest BCUT2D eigenvalue weighted by atomic mass is 79.9. The van der Waals surface area contributed by atoms with E-state index in [1.165, 1.54) is 0 Å². The molecule has 0 heterocycles. The molecule has 4 nitrogen and oxygen atoms in total. The van der Waals surface area contributed by atoms with Gasteiger partial charge in [0.1, 0.15) is 18.5 Å². The summed E-state index contributed by atoms with van der Waals surface area (Å²) in [6, 6.07) is 15.9. The molecule has 2 aromatic rings. The number of amides is 1. The van der Waals surface area contributed by atoms with Crippen molar-refractivity contribution in [2.75, 3.05) is 0 Å². The Morgan fingerprint density at radius 3 is 2.68 bits per heavy atom. The van der Waals surface area contributed by atoms with Gasteiger partial charge in [-0.15, -0.1) is 0 Å². The van der Waals surface area contributed by atoms with Gasteiger partial charge in [0.25, 0.3) is 0 Å². The van der Waals surface area contributed by atoms with Crippen molar-refractivity contribution in [1.29, 1.82) is 0 Å². The predicted octanol–water partition coefficient (Wildman–Crippen LogP) is 3.98. The molecule has 1 saturated carbocycles. The quantitative estimate of drug-likeness (QED) is 0.875. The Hall–Kier alpha value is -2.01. The molecule has 3 rings (SSSR count). The normalized spacial score (nSPS) is 19.5. The van der Waals surface area contributed by atoms with Crippen LogP contribution in [-0.4, -0.2) is 12.2 Å². The van der Waals surface area contributed by atoms with Crippen molar-refractivity contribution in [2.24, 2.45) is 5.73 Å². The number of benzene rings is 2. The van der Waals surface area contributed by atoms with Crippen molar-refractivity contribution in [3.05, 3.63) is 64.1 Å². The van der Waals surface area contributed by atoms with Gasteiger partial charge in [0, 0.05) is 10.4 Å². The average Bonchev–Trinajstić information content (AvgIpc) is 3.24. The zero-order valence-corrected chi connectivity index (χ0v) is 13.5. The van der Waals surface area contributed by atoms with Crippen LogP contribution >= 0.6 is 15.9 Å². The third-order valence-corrected chi connectivity index (χ3v) is 4.10. The largest absolute Gasteiger partial charge is 0.489 e. The van der Waals surface area contributed by atoms with Crippen LogP contribution in [0.1, 0.15) is 23.5 Å². The lowest BCUT2D eigenvalue weighted by Gasteiger charge is -2.08. The smallest absolute Gasteiger partial charge is 0.404 e. The Morgan fingerprint density at radius 1 is 1.23 bits per heavy atom. The second-order valence-corrected chi connectivity index (χ2v) is 6.22. The lowest BCUT2D eigenvalue weighted by molar-refractivity contribution is 0.147. The summed E-state index contributed by atoms with van der Waals surface area (Å²) in [7, 11) is 0. The highest BCUT2D eigenvalue weighted by Crippen LogP contribution is 2.43. The summed E-state index contributed by atoms with van der Waals surface area (Å²) in [5.74, 6) is 1.07. The van der Waals surface area contributed by atoms with Crippen molar-refractivity contribution in [1.82, 2.24) is 0 Å². The third kappa shape index (κ3) is 3.80. The van der Waals surface area contributed by atoms with E-state index in [-0.39, 0.29) is 12.0 Å². The number of nitrogens with two attached hydrogens (primary N) is 1. The van der Waals surface area contributed by atoms with Gasteiger partial charge < -0.3 is 15.2 Å². The monoisotopic (exact) mass is 361 g/mol.